The smallest absolute Gasteiger partial charge is 0.297 e. The van der Waals surface area contributed by atoms with Gasteiger partial charge in [0.15, 0.2) is 0 Å². The predicted molar refractivity (Wildman–Crippen MR) is 65.3 cm³/mol. The molecule has 1 unspecified atom stereocenters. The molecule has 0 amide bonds. The van der Waals surface area contributed by atoms with Gasteiger partial charge in [-0.1, -0.05) is 25.5 Å². The Morgan fingerprint density at radius 1 is 1.17 bits per heavy atom. The van der Waals surface area contributed by atoms with Crippen molar-refractivity contribution in [1.82, 2.24) is 4.90 Å². The topological polar surface area (TPSA) is 3.24 Å². The molecule has 0 aliphatic carbocycles. The van der Waals surface area contributed by atoms with E-state index < -0.39 is 11.7 Å². The summed E-state index contributed by atoms with van der Waals surface area (Å²) in [6.45, 7) is 4.09. The number of rotatable bonds is 2. The number of hydrogen-bond donors (Lipinski definition) is 0. The Balaban J connectivity index is 2.18. The standard InChI is InChI=1S/C14H18F3N/c1-2-18-10-4-3-5-13(18)11-6-8-12(9-7-11)14(15,16)17/h6-9,13H,2-5,10H2,1H3. The highest BCUT2D eigenvalue weighted by atomic mass is 19.4. The molecule has 0 N–H and O–H groups in total. The van der Waals surface area contributed by atoms with Crippen LogP contribution in [0.5, 0.6) is 0 Å². The summed E-state index contributed by atoms with van der Waals surface area (Å²) < 4.78 is 37.5. The van der Waals surface area contributed by atoms with Gasteiger partial charge in [-0.3, -0.25) is 4.90 Å². The summed E-state index contributed by atoms with van der Waals surface area (Å²) in [5.41, 5.74) is 0.439. The zero-order chi connectivity index (χ0) is 13.2. The molecule has 1 atom stereocenters. The van der Waals surface area contributed by atoms with Gasteiger partial charge in [0.2, 0.25) is 0 Å². The molecule has 1 saturated heterocycles. The van der Waals surface area contributed by atoms with Crippen LogP contribution in [0, 0.1) is 0 Å². The Hall–Kier alpha value is -1.03. The van der Waals surface area contributed by atoms with Gasteiger partial charge >= 0.3 is 6.18 Å². The Labute approximate surface area is 106 Å². The van der Waals surface area contributed by atoms with Crippen LogP contribution in [-0.4, -0.2) is 18.0 Å². The number of halogens is 3. The average Bonchev–Trinajstić information content (AvgIpc) is 2.38. The van der Waals surface area contributed by atoms with Crippen LogP contribution in [0.2, 0.25) is 0 Å². The van der Waals surface area contributed by atoms with Gasteiger partial charge in [-0.2, -0.15) is 13.2 Å². The van der Waals surface area contributed by atoms with Gasteiger partial charge in [0.25, 0.3) is 0 Å². The monoisotopic (exact) mass is 257 g/mol. The number of likely N-dealkylation sites (tertiary alicyclic amines) is 1. The van der Waals surface area contributed by atoms with E-state index in [1.165, 1.54) is 18.6 Å². The van der Waals surface area contributed by atoms with Gasteiger partial charge in [-0.05, 0) is 43.6 Å². The second kappa shape index (κ2) is 5.31. The number of hydrogen-bond acceptors (Lipinski definition) is 1. The molecule has 4 heteroatoms. The summed E-state index contributed by atoms with van der Waals surface area (Å²) in [5.74, 6) is 0. The van der Waals surface area contributed by atoms with Crippen LogP contribution >= 0.6 is 0 Å². The molecular weight excluding hydrogens is 239 g/mol. The zero-order valence-electron chi connectivity index (χ0n) is 10.5. The molecule has 0 saturated carbocycles. The van der Waals surface area contributed by atoms with Crippen molar-refractivity contribution in [2.45, 2.75) is 38.4 Å². The molecule has 1 heterocycles. The molecule has 1 aromatic rings. The molecule has 0 radical (unpaired) electrons. The van der Waals surface area contributed by atoms with Crippen LogP contribution in [0.4, 0.5) is 13.2 Å². The Bertz CT molecular complexity index is 383. The number of alkyl halides is 3. The van der Waals surface area contributed by atoms with Gasteiger partial charge in [0.05, 0.1) is 5.56 Å². The Morgan fingerprint density at radius 2 is 1.83 bits per heavy atom. The second-order valence-corrected chi connectivity index (χ2v) is 4.76. The summed E-state index contributed by atoms with van der Waals surface area (Å²) in [6, 6.07) is 5.92. The fourth-order valence-electron chi connectivity index (χ4n) is 2.64. The molecular formula is C14H18F3N. The van der Waals surface area contributed by atoms with E-state index in [1.807, 2.05) is 0 Å². The maximum absolute atomic E-state index is 12.5. The van der Waals surface area contributed by atoms with E-state index in [0.29, 0.717) is 0 Å². The third kappa shape index (κ3) is 2.86. The maximum Gasteiger partial charge on any atom is 0.416 e. The van der Waals surface area contributed by atoms with Gasteiger partial charge in [0.1, 0.15) is 0 Å². The summed E-state index contributed by atoms with van der Waals surface area (Å²) in [4.78, 5) is 2.34. The largest absolute Gasteiger partial charge is 0.416 e. The van der Waals surface area contributed by atoms with Gasteiger partial charge in [-0.25, -0.2) is 0 Å². The van der Waals surface area contributed by atoms with Crippen LogP contribution < -0.4 is 0 Å². The zero-order valence-corrected chi connectivity index (χ0v) is 10.5. The first-order valence-electron chi connectivity index (χ1n) is 6.43. The molecule has 0 spiro atoms. The van der Waals surface area contributed by atoms with Crippen molar-refractivity contribution in [3.63, 3.8) is 0 Å². The molecule has 1 aliphatic heterocycles. The highest BCUT2D eigenvalue weighted by Gasteiger charge is 2.30. The quantitative estimate of drug-likeness (QED) is 0.765. The lowest BCUT2D eigenvalue weighted by molar-refractivity contribution is -0.137. The molecule has 100 valence electrons. The van der Waals surface area contributed by atoms with Crippen molar-refractivity contribution < 1.29 is 13.2 Å². The van der Waals surface area contributed by atoms with Gasteiger partial charge in [-0.15, -0.1) is 0 Å². The summed E-state index contributed by atoms with van der Waals surface area (Å²) in [7, 11) is 0. The molecule has 18 heavy (non-hydrogen) atoms. The highest BCUT2D eigenvalue weighted by molar-refractivity contribution is 5.27. The van der Waals surface area contributed by atoms with E-state index in [2.05, 4.69) is 11.8 Å². The maximum atomic E-state index is 12.5. The van der Waals surface area contributed by atoms with Crippen molar-refractivity contribution in [3.05, 3.63) is 35.4 Å². The highest BCUT2D eigenvalue weighted by Crippen LogP contribution is 2.33. The predicted octanol–water partition coefficient (Wildman–Crippen LogP) is 4.25. The van der Waals surface area contributed by atoms with Crippen LogP contribution in [0.25, 0.3) is 0 Å². The molecule has 0 bridgehead atoms. The molecule has 1 aromatic carbocycles. The first kappa shape index (κ1) is 13.4. The van der Waals surface area contributed by atoms with E-state index in [1.54, 1.807) is 12.1 Å². The van der Waals surface area contributed by atoms with Crippen LogP contribution in [-0.2, 0) is 6.18 Å². The minimum absolute atomic E-state index is 0.283. The minimum atomic E-state index is -4.24. The van der Waals surface area contributed by atoms with Gasteiger partial charge in [0, 0.05) is 6.04 Å². The van der Waals surface area contributed by atoms with Crippen LogP contribution in [0.1, 0.15) is 43.4 Å². The van der Waals surface area contributed by atoms with Gasteiger partial charge < -0.3 is 0 Å². The molecule has 1 nitrogen and oxygen atoms in total. The molecule has 1 aliphatic rings. The lowest BCUT2D eigenvalue weighted by Gasteiger charge is -2.35. The average molecular weight is 257 g/mol. The molecule has 2 rings (SSSR count). The van der Waals surface area contributed by atoms with Crippen molar-refractivity contribution in [2.24, 2.45) is 0 Å². The fourth-order valence-corrected chi connectivity index (χ4v) is 2.64. The third-order valence-electron chi connectivity index (χ3n) is 3.64. The number of benzene rings is 1. The van der Waals surface area contributed by atoms with E-state index in [9.17, 15) is 13.2 Å². The van der Waals surface area contributed by atoms with Crippen molar-refractivity contribution in [3.8, 4) is 0 Å². The summed E-state index contributed by atoms with van der Waals surface area (Å²) >= 11 is 0. The van der Waals surface area contributed by atoms with Crippen molar-refractivity contribution >= 4 is 0 Å². The lowest BCUT2D eigenvalue weighted by atomic mass is 9.94. The Kier molecular flexibility index (Phi) is 3.95. The number of nitrogens with zero attached hydrogens (tertiary/aromatic N) is 1. The molecule has 1 fully saturated rings. The van der Waals surface area contributed by atoms with E-state index >= 15 is 0 Å². The fraction of sp³-hybridized carbons (Fsp3) is 0.571. The summed E-state index contributed by atoms with van der Waals surface area (Å²) in [5, 5.41) is 0. The van der Waals surface area contributed by atoms with E-state index in [-0.39, 0.29) is 6.04 Å². The van der Waals surface area contributed by atoms with Crippen LogP contribution in [0.15, 0.2) is 24.3 Å². The lowest BCUT2D eigenvalue weighted by Crippen LogP contribution is -2.33. The minimum Gasteiger partial charge on any atom is -0.297 e. The first-order chi connectivity index (χ1) is 8.52. The summed E-state index contributed by atoms with van der Waals surface area (Å²) in [6.07, 6.45) is -0.859. The SMILES string of the molecule is CCN1CCCCC1c1ccc(C(F)(F)F)cc1. The second-order valence-electron chi connectivity index (χ2n) is 4.76. The first-order valence-corrected chi connectivity index (χ1v) is 6.43. The Morgan fingerprint density at radius 3 is 2.39 bits per heavy atom. The normalized spacial score (nSPS) is 22.1. The molecule has 0 aromatic heterocycles. The van der Waals surface area contributed by atoms with E-state index in [4.69, 9.17) is 0 Å². The van der Waals surface area contributed by atoms with E-state index in [0.717, 1.165) is 31.5 Å². The van der Waals surface area contributed by atoms with Crippen LogP contribution in [0.3, 0.4) is 0 Å². The third-order valence-corrected chi connectivity index (χ3v) is 3.64. The number of piperidine rings is 1. The van der Waals surface area contributed by atoms with Crippen molar-refractivity contribution in [1.29, 1.82) is 0 Å². The van der Waals surface area contributed by atoms with Crippen molar-refractivity contribution in [2.75, 3.05) is 13.1 Å².